The third kappa shape index (κ3) is 2.77. The van der Waals surface area contributed by atoms with Crippen LogP contribution in [0.5, 0.6) is 0 Å². The van der Waals surface area contributed by atoms with Crippen LogP contribution in [0.3, 0.4) is 0 Å². The van der Waals surface area contributed by atoms with Gasteiger partial charge in [0.15, 0.2) is 0 Å². The Balaban J connectivity index is 2.47. The highest BCUT2D eigenvalue weighted by Gasteiger charge is 2.25. The molecular formula is C15H17N3OS. The Morgan fingerprint density at radius 2 is 2.00 bits per heavy atom. The molecule has 4 nitrogen and oxygen atoms in total. The number of nitrogens with one attached hydrogen (secondary N) is 1. The van der Waals surface area contributed by atoms with Crippen LogP contribution < -0.4 is 11.1 Å². The molecule has 0 bridgehead atoms. The first kappa shape index (κ1) is 14.4. The summed E-state index contributed by atoms with van der Waals surface area (Å²) in [5.74, 6) is -0.204. The molecule has 0 saturated heterocycles. The van der Waals surface area contributed by atoms with E-state index in [0.717, 1.165) is 16.6 Å². The highest BCUT2D eigenvalue weighted by Crippen LogP contribution is 2.19. The lowest BCUT2D eigenvalue weighted by Gasteiger charge is -2.25. The zero-order valence-corrected chi connectivity index (χ0v) is 12.5. The quantitative estimate of drug-likeness (QED) is 0.850. The number of hydrogen-bond acceptors (Lipinski definition) is 3. The number of benzene rings is 1. The molecule has 0 aliphatic rings. The van der Waals surface area contributed by atoms with Gasteiger partial charge in [-0.1, -0.05) is 30.4 Å². The van der Waals surface area contributed by atoms with Crippen molar-refractivity contribution >= 4 is 34.0 Å². The lowest BCUT2D eigenvalue weighted by Crippen LogP contribution is -2.52. The summed E-state index contributed by atoms with van der Waals surface area (Å²) in [4.78, 5) is 17.1. The Morgan fingerprint density at radius 1 is 1.35 bits per heavy atom. The molecule has 0 aliphatic heterocycles. The molecule has 1 heterocycles. The normalized spacial score (nSPS) is 11.3. The first-order valence-corrected chi connectivity index (χ1v) is 6.71. The van der Waals surface area contributed by atoms with E-state index < -0.39 is 5.54 Å². The molecule has 1 aromatic heterocycles. The number of aryl methyl sites for hydroxylation is 1. The number of nitrogens with two attached hydrogens (primary N) is 1. The van der Waals surface area contributed by atoms with Crippen molar-refractivity contribution in [3.8, 4) is 0 Å². The maximum atomic E-state index is 12.5. The minimum atomic E-state index is -0.731. The summed E-state index contributed by atoms with van der Waals surface area (Å²) < 4.78 is 0. The highest BCUT2D eigenvalue weighted by molar-refractivity contribution is 7.80. The highest BCUT2D eigenvalue weighted by atomic mass is 32.1. The zero-order valence-electron chi connectivity index (χ0n) is 11.7. The van der Waals surface area contributed by atoms with Crippen molar-refractivity contribution in [2.45, 2.75) is 26.3 Å². The van der Waals surface area contributed by atoms with Crippen LogP contribution in [0.25, 0.3) is 10.9 Å². The van der Waals surface area contributed by atoms with Crippen LogP contribution in [0.1, 0.15) is 29.9 Å². The number of para-hydroxylation sites is 1. The van der Waals surface area contributed by atoms with E-state index in [4.69, 9.17) is 18.0 Å². The topological polar surface area (TPSA) is 68.0 Å². The van der Waals surface area contributed by atoms with Crippen molar-refractivity contribution in [2.24, 2.45) is 5.73 Å². The van der Waals surface area contributed by atoms with Crippen LogP contribution in [0.4, 0.5) is 0 Å². The average molecular weight is 287 g/mol. The number of fused-ring (bicyclic) bond motifs is 1. The summed E-state index contributed by atoms with van der Waals surface area (Å²) in [6.07, 6.45) is 0. The Kier molecular flexibility index (Phi) is 3.72. The molecule has 0 fully saturated rings. The van der Waals surface area contributed by atoms with Crippen molar-refractivity contribution in [2.75, 3.05) is 0 Å². The van der Waals surface area contributed by atoms with Gasteiger partial charge in [-0.3, -0.25) is 9.78 Å². The van der Waals surface area contributed by atoms with Gasteiger partial charge in [0.1, 0.15) is 0 Å². The number of amides is 1. The monoisotopic (exact) mass is 287 g/mol. The van der Waals surface area contributed by atoms with E-state index in [1.165, 1.54) is 0 Å². The average Bonchev–Trinajstić information content (AvgIpc) is 2.36. The second-order valence-electron chi connectivity index (χ2n) is 5.27. The SMILES string of the molecule is Cc1cc(C(=O)NC(C)(C)C(N)=S)c2ccccc2n1. The number of hydrogen-bond donors (Lipinski definition) is 2. The number of nitrogens with zero attached hydrogens (tertiary/aromatic N) is 1. The first-order valence-electron chi connectivity index (χ1n) is 6.30. The summed E-state index contributed by atoms with van der Waals surface area (Å²) in [5, 5.41) is 3.67. The molecule has 1 aromatic carbocycles. The number of rotatable bonds is 3. The molecule has 2 rings (SSSR count). The van der Waals surface area contributed by atoms with E-state index in [1.807, 2.05) is 31.2 Å². The van der Waals surface area contributed by atoms with E-state index in [-0.39, 0.29) is 10.9 Å². The van der Waals surface area contributed by atoms with Gasteiger partial charge in [0.05, 0.1) is 21.6 Å². The summed E-state index contributed by atoms with van der Waals surface area (Å²) in [5.41, 5.74) is 7.08. The maximum absolute atomic E-state index is 12.5. The fraction of sp³-hybridized carbons (Fsp3) is 0.267. The van der Waals surface area contributed by atoms with Gasteiger partial charge < -0.3 is 11.1 Å². The van der Waals surface area contributed by atoms with Crippen LogP contribution in [0.2, 0.25) is 0 Å². The number of carbonyl (C=O) groups excluding carboxylic acids is 1. The largest absolute Gasteiger partial charge is 0.391 e. The van der Waals surface area contributed by atoms with Gasteiger partial charge in [-0.2, -0.15) is 0 Å². The maximum Gasteiger partial charge on any atom is 0.252 e. The molecule has 0 spiro atoms. The van der Waals surface area contributed by atoms with Crippen LogP contribution in [0.15, 0.2) is 30.3 Å². The standard InChI is InChI=1S/C15H17N3OS/c1-9-8-11(10-6-4-5-7-12(10)17-9)13(19)18-15(2,3)14(16)20/h4-8H,1-3H3,(H2,16,20)(H,18,19). The predicted octanol–water partition coefficient (Wildman–Crippen LogP) is 2.34. The Hall–Kier alpha value is -2.01. The summed E-state index contributed by atoms with van der Waals surface area (Å²) >= 11 is 4.97. The van der Waals surface area contributed by atoms with Crippen molar-refractivity contribution < 1.29 is 4.79 Å². The molecule has 0 atom stereocenters. The van der Waals surface area contributed by atoms with Crippen LogP contribution >= 0.6 is 12.2 Å². The third-order valence-corrected chi connectivity index (χ3v) is 3.64. The van der Waals surface area contributed by atoms with Gasteiger partial charge in [0, 0.05) is 11.1 Å². The Morgan fingerprint density at radius 3 is 2.65 bits per heavy atom. The molecule has 1 amide bonds. The molecule has 3 N–H and O–H groups in total. The zero-order chi connectivity index (χ0) is 14.9. The molecule has 104 valence electrons. The van der Waals surface area contributed by atoms with Gasteiger partial charge in [-0.15, -0.1) is 0 Å². The second-order valence-corrected chi connectivity index (χ2v) is 5.71. The van der Waals surface area contributed by atoms with Crippen LogP contribution in [0, 0.1) is 6.92 Å². The van der Waals surface area contributed by atoms with E-state index in [0.29, 0.717) is 5.56 Å². The second kappa shape index (κ2) is 5.17. The van der Waals surface area contributed by atoms with E-state index in [1.54, 1.807) is 19.9 Å². The summed E-state index contributed by atoms with van der Waals surface area (Å²) in [6.45, 7) is 5.43. The molecule has 0 aliphatic carbocycles. The van der Waals surface area contributed by atoms with Crippen molar-refractivity contribution in [1.29, 1.82) is 0 Å². The summed E-state index contributed by atoms with van der Waals surface area (Å²) in [6, 6.07) is 9.32. The van der Waals surface area contributed by atoms with Gasteiger partial charge in [0.25, 0.3) is 5.91 Å². The lowest BCUT2D eigenvalue weighted by molar-refractivity contribution is 0.0934. The Bertz CT molecular complexity index is 695. The van der Waals surface area contributed by atoms with Crippen molar-refractivity contribution in [3.63, 3.8) is 0 Å². The van der Waals surface area contributed by atoms with Crippen LogP contribution in [-0.4, -0.2) is 21.4 Å². The number of thiocarbonyl (C=S) groups is 1. The van der Waals surface area contributed by atoms with Crippen molar-refractivity contribution in [1.82, 2.24) is 10.3 Å². The molecule has 0 unspecified atom stereocenters. The van der Waals surface area contributed by atoms with E-state index in [2.05, 4.69) is 10.3 Å². The van der Waals surface area contributed by atoms with Gasteiger partial charge in [0.2, 0.25) is 0 Å². The smallest absolute Gasteiger partial charge is 0.252 e. The number of pyridine rings is 1. The molecule has 0 radical (unpaired) electrons. The lowest BCUT2D eigenvalue weighted by atomic mass is 10.0. The minimum absolute atomic E-state index is 0.204. The molecular weight excluding hydrogens is 270 g/mol. The molecule has 2 aromatic rings. The van der Waals surface area contributed by atoms with Gasteiger partial charge in [-0.05, 0) is 32.9 Å². The predicted molar refractivity (Wildman–Crippen MR) is 84.8 cm³/mol. The minimum Gasteiger partial charge on any atom is -0.391 e. The van der Waals surface area contributed by atoms with E-state index >= 15 is 0 Å². The number of aromatic nitrogens is 1. The van der Waals surface area contributed by atoms with Crippen LogP contribution in [-0.2, 0) is 0 Å². The van der Waals surface area contributed by atoms with Gasteiger partial charge in [-0.25, -0.2) is 0 Å². The third-order valence-electron chi connectivity index (χ3n) is 3.13. The fourth-order valence-electron chi connectivity index (χ4n) is 1.91. The van der Waals surface area contributed by atoms with Gasteiger partial charge >= 0.3 is 0 Å². The van der Waals surface area contributed by atoms with E-state index in [9.17, 15) is 4.79 Å². The fourth-order valence-corrected chi connectivity index (χ4v) is 1.96. The number of carbonyl (C=O) groups is 1. The summed E-state index contributed by atoms with van der Waals surface area (Å²) in [7, 11) is 0. The first-order chi connectivity index (χ1) is 9.31. The Labute approximate surface area is 123 Å². The molecule has 0 saturated carbocycles. The molecule has 5 heteroatoms. The van der Waals surface area contributed by atoms with Crippen molar-refractivity contribution in [3.05, 3.63) is 41.6 Å². The molecule has 20 heavy (non-hydrogen) atoms.